The summed E-state index contributed by atoms with van der Waals surface area (Å²) in [4.78, 5) is 34.2. The van der Waals surface area contributed by atoms with Crippen LogP contribution < -0.4 is 11.1 Å². The van der Waals surface area contributed by atoms with E-state index in [0.717, 1.165) is 5.56 Å². The fraction of sp³-hybridized carbons (Fsp3) is 0.400. The molecule has 0 aromatic heterocycles. The molecule has 0 aliphatic carbocycles. The van der Waals surface area contributed by atoms with E-state index in [9.17, 15) is 14.4 Å². The largest absolute Gasteiger partial charge is 0.480 e. The van der Waals surface area contributed by atoms with Gasteiger partial charge in [0, 0.05) is 12.2 Å². The Morgan fingerprint density at radius 2 is 1.91 bits per heavy atom. The first-order valence-corrected chi connectivity index (χ1v) is 7.66. The number of thiol groups is 1. The number of ether oxygens (including phenoxy) is 1. The minimum absolute atomic E-state index is 0.0144. The Morgan fingerprint density at radius 1 is 1.26 bits per heavy atom. The second kappa shape index (κ2) is 9.86. The zero-order chi connectivity index (χ0) is 17.2. The van der Waals surface area contributed by atoms with Crippen LogP contribution >= 0.6 is 12.6 Å². The summed E-state index contributed by atoms with van der Waals surface area (Å²) in [7, 11) is 0. The molecule has 1 aromatic rings. The summed E-state index contributed by atoms with van der Waals surface area (Å²) in [6.45, 7) is 0.101. The molecule has 0 aliphatic heterocycles. The molecule has 8 heteroatoms. The van der Waals surface area contributed by atoms with Crippen LogP contribution in [0.3, 0.4) is 0 Å². The molecule has 2 atom stereocenters. The molecule has 0 saturated carbocycles. The van der Waals surface area contributed by atoms with Crippen molar-refractivity contribution in [1.29, 1.82) is 0 Å². The maximum Gasteiger partial charge on any atom is 0.329 e. The molecule has 0 bridgehead atoms. The molecule has 0 heterocycles. The number of benzene rings is 1. The monoisotopic (exact) mass is 340 g/mol. The Labute approximate surface area is 139 Å². The number of carbonyl (C=O) groups is 3. The van der Waals surface area contributed by atoms with Gasteiger partial charge in [-0.3, -0.25) is 9.59 Å². The van der Waals surface area contributed by atoms with Crippen LogP contribution in [0.1, 0.15) is 18.4 Å². The van der Waals surface area contributed by atoms with E-state index in [4.69, 9.17) is 15.6 Å². The van der Waals surface area contributed by atoms with Gasteiger partial charge in [-0.1, -0.05) is 30.3 Å². The first kappa shape index (κ1) is 19.0. The predicted octanol–water partition coefficient (Wildman–Crippen LogP) is 0.336. The summed E-state index contributed by atoms with van der Waals surface area (Å²) in [5, 5.41) is 11.1. The normalized spacial score (nSPS) is 13.0. The third-order valence-electron chi connectivity index (χ3n) is 3.03. The zero-order valence-electron chi connectivity index (χ0n) is 12.5. The van der Waals surface area contributed by atoms with E-state index >= 15 is 0 Å². The van der Waals surface area contributed by atoms with Crippen molar-refractivity contribution in [2.24, 2.45) is 5.73 Å². The number of aliphatic carboxylic acids is 1. The summed E-state index contributed by atoms with van der Waals surface area (Å²) in [6.07, 6.45) is -0.108. The van der Waals surface area contributed by atoms with Crippen LogP contribution in [0.25, 0.3) is 0 Å². The minimum Gasteiger partial charge on any atom is -0.480 e. The smallest absolute Gasteiger partial charge is 0.329 e. The fourth-order valence-corrected chi connectivity index (χ4v) is 1.93. The van der Waals surface area contributed by atoms with E-state index in [0.29, 0.717) is 0 Å². The van der Waals surface area contributed by atoms with Crippen molar-refractivity contribution in [3.63, 3.8) is 0 Å². The van der Waals surface area contributed by atoms with Gasteiger partial charge in [-0.2, -0.15) is 12.6 Å². The molecule has 0 unspecified atom stereocenters. The molecule has 126 valence electrons. The molecule has 0 radical (unpaired) electrons. The quantitative estimate of drug-likeness (QED) is 0.380. The van der Waals surface area contributed by atoms with Gasteiger partial charge in [-0.05, 0) is 12.0 Å². The van der Waals surface area contributed by atoms with Crippen LogP contribution in [0.2, 0.25) is 0 Å². The Balaban J connectivity index is 2.41. The number of rotatable bonds is 9. The summed E-state index contributed by atoms with van der Waals surface area (Å²) in [5.41, 5.74) is 6.14. The van der Waals surface area contributed by atoms with Gasteiger partial charge in [-0.15, -0.1) is 0 Å². The molecular weight excluding hydrogens is 320 g/mol. The minimum atomic E-state index is -1.18. The topological polar surface area (TPSA) is 119 Å². The number of carbonyl (C=O) groups excluding carboxylic acids is 2. The Bertz CT molecular complexity index is 538. The highest BCUT2D eigenvalue weighted by Gasteiger charge is 2.22. The number of hydrogen-bond acceptors (Lipinski definition) is 6. The third-order valence-corrected chi connectivity index (χ3v) is 3.39. The second-order valence-corrected chi connectivity index (χ2v) is 5.24. The fourth-order valence-electron chi connectivity index (χ4n) is 1.68. The molecule has 1 aromatic carbocycles. The maximum absolute atomic E-state index is 11.9. The van der Waals surface area contributed by atoms with Crippen LogP contribution in [-0.4, -0.2) is 40.8 Å². The van der Waals surface area contributed by atoms with Crippen LogP contribution in [-0.2, 0) is 25.7 Å². The van der Waals surface area contributed by atoms with Gasteiger partial charge < -0.3 is 20.9 Å². The number of hydrogen-bond donors (Lipinski definition) is 4. The Kier molecular flexibility index (Phi) is 8.14. The summed E-state index contributed by atoms with van der Waals surface area (Å²) in [6, 6.07) is 7.13. The number of carboxylic acid groups (broad SMARTS) is 1. The molecule has 0 saturated heterocycles. The Morgan fingerprint density at radius 3 is 2.48 bits per heavy atom. The van der Waals surface area contributed by atoms with Gasteiger partial charge in [0.15, 0.2) is 0 Å². The molecule has 0 fully saturated rings. The van der Waals surface area contributed by atoms with E-state index in [1.165, 1.54) is 0 Å². The molecule has 4 N–H and O–H groups in total. The lowest BCUT2D eigenvalue weighted by atomic mass is 10.1. The average Bonchev–Trinajstić information content (AvgIpc) is 2.56. The van der Waals surface area contributed by atoms with Gasteiger partial charge in [0.1, 0.15) is 18.7 Å². The Hall–Kier alpha value is -2.06. The predicted molar refractivity (Wildman–Crippen MR) is 86.9 cm³/mol. The third kappa shape index (κ3) is 7.16. The highest BCUT2D eigenvalue weighted by atomic mass is 32.1. The number of amides is 1. The van der Waals surface area contributed by atoms with Crippen LogP contribution in [0, 0.1) is 0 Å². The number of nitrogens with two attached hydrogens (primary N) is 1. The average molecular weight is 340 g/mol. The lowest BCUT2D eigenvalue weighted by Gasteiger charge is -2.16. The van der Waals surface area contributed by atoms with Crippen LogP contribution in [0.15, 0.2) is 30.3 Å². The molecule has 0 aliphatic rings. The highest BCUT2D eigenvalue weighted by Crippen LogP contribution is 2.03. The first-order chi connectivity index (χ1) is 10.9. The zero-order valence-corrected chi connectivity index (χ0v) is 13.4. The van der Waals surface area contributed by atoms with Gasteiger partial charge in [-0.25, -0.2) is 4.79 Å². The second-order valence-electron chi connectivity index (χ2n) is 4.88. The van der Waals surface area contributed by atoms with Crippen molar-refractivity contribution in [3.8, 4) is 0 Å². The molecule has 7 nitrogen and oxygen atoms in total. The van der Waals surface area contributed by atoms with E-state index in [2.05, 4.69) is 17.9 Å². The van der Waals surface area contributed by atoms with Crippen LogP contribution in [0.5, 0.6) is 0 Å². The van der Waals surface area contributed by atoms with Crippen LogP contribution in [0.4, 0.5) is 0 Å². The summed E-state index contributed by atoms with van der Waals surface area (Å²) < 4.78 is 5.12. The van der Waals surface area contributed by atoms with Crippen molar-refractivity contribution in [1.82, 2.24) is 5.32 Å². The van der Waals surface area contributed by atoms with E-state index in [-0.39, 0.29) is 25.2 Å². The maximum atomic E-state index is 11.9. The molecular formula is C15H20N2O5S. The standard InChI is InChI=1S/C15H20N2O5S/c16-11(14(19)20)6-7-13(18)17-12(9-23)15(21)22-8-10-4-2-1-3-5-10/h1-5,11-12,23H,6-9,16H2,(H,17,18)(H,19,20)/t11-,12-/m0/s1. The summed E-state index contributed by atoms with van der Waals surface area (Å²) >= 11 is 4.02. The van der Waals surface area contributed by atoms with Crippen molar-refractivity contribution < 1.29 is 24.2 Å². The highest BCUT2D eigenvalue weighted by molar-refractivity contribution is 7.80. The summed E-state index contributed by atoms with van der Waals surface area (Å²) in [5.74, 6) is -2.17. The lowest BCUT2D eigenvalue weighted by Crippen LogP contribution is -2.43. The van der Waals surface area contributed by atoms with Crippen molar-refractivity contribution in [2.45, 2.75) is 31.5 Å². The van der Waals surface area contributed by atoms with Crippen molar-refractivity contribution >= 4 is 30.5 Å². The van der Waals surface area contributed by atoms with Gasteiger partial charge >= 0.3 is 11.9 Å². The first-order valence-electron chi connectivity index (χ1n) is 7.03. The number of esters is 1. The molecule has 0 spiro atoms. The van der Waals surface area contributed by atoms with Crippen molar-refractivity contribution in [3.05, 3.63) is 35.9 Å². The van der Waals surface area contributed by atoms with Gasteiger partial charge in [0.25, 0.3) is 0 Å². The van der Waals surface area contributed by atoms with E-state index < -0.39 is 29.9 Å². The van der Waals surface area contributed by atoms with E-state index in [1.807, 2.05) is 30.3 Å². The number of nitrogens with one attached hydrogen (secondary N) is 1. The van der Waals surface area contributed by atoms with Gasteiger partial charge in [0.2, 0.25) is 5.91 Å². The number of carboxylic acids is 1. The SMILES string of the molecule is N[C@@H](CCC(=O)N[C@@H](CS)C(=O)OCc1ccccc1)C(=O)O. The molecule has 23 heavy (non-hydrogen) atoms. The van der Waals surface area contributed by atoms with E-state index in [1.54, 1.807) is 0 Å². The molecule has 1 amide bonds. The van der Waals surface area contributed by atoms with Gasteiger partial charge in [0.05, 0.1) is 0 Å². The molecule has 1 rings (SSSR count). The van der Waals surface area contributed by atoms with Crippen molar-refractivity contribution in [2.75, 3.05) is 5.75 Å². The lowest BCUT2D eigenvalue weighted by molar-refractivity contribution is -0.148.